The summed E-state index contributed by atoms with van der Waals surface area (Å²) >= 11 is 0. The Morgan fingerprint density at radius 1 is 1.45 bits per heavy atom. The number of anilines is 1. The molecule has 1 rings (SSSR count). The minimum Gasteiger partial charge on any atom is -0.483 e. The second-order valence-electron chi connectivity index (χ2n) is 1.63. The third-order valence-electron chi connectivity index (χ3n) is 0.905. The molecule has 0 aliphatic heterocycles. The molecule has 3 N–H and O–H groups in total. The van der Waals surface area contributed by atoms with Crippen LogP contribution in [0.15, 0.2) is 24.3 Å². The van der Waals surface area contributed by atoms with E-state index >= 15 is 0 Å². The first-order chi connectivity index (χ1) is 5.22. The van der Waals surface area contributed by atoms with E-state index in [0.717, 1.165) is 0 Å². The van der Waals surface area contributed by atoms with Crippen molar-refractivity contribution in [2.75, 3.05) is 5.73 Å². The molecule has 0 bridgehead atoms. The number of carbonyl (C=O) groups is 1. The van der Waals surface area contributed by atoms with Crippen molar-refractivity contribution in [1.29, 1.82) is 0 Å². The molecule has 11 heavy (non-hydrogen) atoms. The van der Waals surface area contributed by atoms with E-state index in [1.165, 1.54) is 12.1 Å². The lowest BCUT2D eigenvalue weighted by Gasteiger charge is -1.89. The Labute approximate surface area is 63.3 Å². The van der Waals surface area contributed by atoms with Crippen LogP contribution in [-0.4, -0.2) is 11.6 Å². The van der Waals surface area contributed by atoms with Crippen LogP contribution in [0.5, 0.6) is 0 Å². The quantitative estimate of drug-likeness (QED) is 0.438. The SMILES string of the molecule is Nc1ccccc1F.O=CO. The number of benzene rings is 1. The zero-order valence-corrected chi connectivity index (χ0v) is 5.70. The molecule has 0 amide bonds. The number of rotatable bonds is 0. The summed E-state index contributed by atoms with van der Waals surface area (Å²) in [7, 11) is 0. The summed E-state index contributed by atoms with van der Waals surface area (Å²) in [4.78, 5) is 8.36. The Kier molecular flexibility index (Phi) is 4.47. The maximum Gasteiger partial charge on any atom is 0.290 e. The monoisotopic (exact) mass is 157 g/mol. The number of para-hydroxylation sites is 1. The molecule has 1 aromatic rings. The van der Waals surface area contributed by atoms with E-state index in [-0.39, 0.29) is 18.0 Å². The van der Waals surface area contributed by atoms with Gasteiger partial charge in [-0.2, -0.15) is 0 Å². The van der Waals surface area contributed by atoms with Gasteiger partial charge >= 0.3 is 0 Å². The lowest BCUT2D eigenvalue weighted by Crippen LogP contribution is -1.86. The Bertz CT molecular complexity index is 206. The van der Waals surface area contributed by atoms with Gasteiger partial charge < -0.3 is 10.8 Å². The van der Waals surface area contributed by atoms with Gasteiger partial charge in [-0.05, 0) is 12.1 Å². The maximum absolute atomic E-state index is 12.2. The molecule has 0 aromatic heterocycles. The highest BCUT2D eigenvalue weighted by Crippen LogP contribution is 2.05. The molecule has 0 heterocycles. The summed E-state index contributed by atoms with van der Waals surface area (Å²) < 4.78 is 12.2. The highest BCUT2D eigenvalue weighted by Gasteiger charge is 1.89. The van der Waals surface area contributed by atoms with E-state index in [1.54, 1.807) is 12.1 Å². The predicted octanol–water partition coefficient (Wildman–Crippen LogP) is 1.11. The zero-order chi connectivity index (χ0) is 8.69. The van der Waals surface area contributed by atoms with Crippen molar-refractivity contribution in [2.24, 2.45) is 0 Å². The summed E-state index contributed by atoms with van der Waals surface area (Å²) in [6, 6.07) is 6.15. The van der Waals surface area contributed by atoms with E-state index < -0.39 is 0 Å². The third kappa shape index (κ3) is 3.91. The molecule has 0 unspecified atom stereocenters. The minimum absolute atomic E-state index is 0.201. The number of hydrogen-bond acceptors (Lipinski definition) is 2. The van der Waals surface area contributed by atoms with Gasteiger partial charge in [0.25, 0.3) is 6.47 Å². The van der Waals surface area contributed by atoms with Crippen LogP contribution in [0.4, 0.5) is 10.1 Å². The van der Waals surface area contributed by atoms with Gasteiger partial charge in [0.1, 0.15) is 5.82 Å². The number of nitrogens with two attached hydrogens (primary N) is 1. The molecule has 0 aliphatic carbocycles. The number of halogens is 1. The molecule has 0 aliphatic rings. The highest BCUT2D eigenvalue weighted by molar-refractivity contribution is 5.38. The van der Waals surface area contributed by atoms with Crippen molar-refractivity contribution in [3.63, 3.8) is 0 Å². The fourth-order valence-corrected chi connectivity index (χ4v) is 0.475. The van der Waals surface area contributed by atoms with E-state index in [9.17, 15) is 4.39 Å². The van der Waals surface area contributed by atoms with Gasteiger partial charge in [-0.1, -0.05) is 12.1 Å². The van der Waals surface area contributed by atoms with Gasteiger partial charge in [-0.15, -0.1) is 0 Å². The first kappa shape index (κ1) is 9.42. The first-order valence-corrected chi connectivity index (χ1v) is 2.80. The topological polar surface area (TPSA) is 63.3 Å². The third-order valence-corrected chi connectivity index (χ3v) is 0.905. The Hall–Kier alpha value is -1.58. The summed E-state index contributed by atoms with van der Waals surface area (Å²) in [5.74, 6) is -0.354. The second-order valence-corrected chi connectivity index (χ2v) is 1.63. The molecule has 4 heteroatoms. The Morgan fingerprint density at radius 2 is 1.91 bits per heavy atom. The first-order valence-electron chi connectivity index (χ1n) is 2.80. The van der Waals surface area contributed by atoms with E-state index in [0.29, 0.717) is 0 Å². The summed E-state index contributed by atoms with van der Waals surface area (Å²) in [6.45, 7) is -0.250. The molecule has 60 valence electrons. The van der Waals surface area contributed by atoms with Crippen molar-refractivity contribution in [3.8, 4) is 0 Å². The second kappa shape index (κ2) is 5.22. The molecule has 0 fully saturated rings. The fourth-order valence-electron chi connectivity index (χ4n) is 0.475. The fraction of sp³-hybridized carbons (Fsp3) is 0. The highest BCUT2D eigenvalue weighted by atomic mass is 19.1. The van der Waals surface area contributed by atoms with Crippen LogP contribution in [0.1, 0.15) is 0 Å². The molecule has 0 atom stereocenters. The van der Waals surface area contributed by atoms with Crippen LogP contribution >= 0.6 is 0 Å². The van der Waals surface area contributed by atoms with Crippen LogP contribution in [-0.2, 0) is 4.79 Å². The van der Waals surface area contributed by atoms with E-state index in [1.807, 2.05) is 0 Å². The van der Waals surface area contributed by atoms with Gasteiger partial charge in [-0.25, -0.2) is 4.39 Å². The van der Waals surface area contributed by atoms with Gasteiger partial charge in [0.15, 0.2) is 0 Å². The van der Waals surface area contributed by atoms with Crippen LogP contribution in [0.3, 0.4) is 0 Å². The number of carboxylic acid groups (broad SMARTS) is 1. The maximum atomic E-state index is 12.2. The normalized spacial score (nSPS) is 7.73. The molecular weight excluding hydrogens is 149 g/mol. The number of hydrogen-bond donors (Lipinski definition) is 2. The van der Waals surface area contributed by atoms with Crippen LogP contribution in [0.25, 0.3) is 0 Å². The van der Waals surface area contributed by atoms with Gasteiger partial charge in [-0.3, -0.25) is 4.79 Å². The standard InChI is InChI=1S/C6H6FN.CH2O2/c7-5-3-1-2-4-6(5)8;2-1-3/h1-4H,8H2;1H,(H,2,3). The van der Waals surface area contributed by atoms with Crippen molar-refractivity contribution < 1.29 is 14.3 Å². The van der Waals surface area contributed by atoms with Gasteiger partial charge in [0.05, 0.1) is 5.69 Å². The van der Waals surface area contributed by atoms with E-state index in [2.05, 4.69) is 0 Å². The van der Waals surface area contributed by atoms with Crippen molar-refractivity contribution in [2.45, 2.75) is 0 Å². The molecule has 0 saturated carbocycles. The molecule has 1 aromatic carbocycles. The lowest BCUT2D eigenvalue weighted by atomic mass is 10.3. The lowest BCUT2D eigenvalue weighted by molar-refractivity contribution is -0.122. The summed E-state index contributed by atoms with van der Waals surface area (Å²) in [5.41, 5.74) is 5.35. The van der Waals surface area contributed by atoms with Crippen molar-refractivity contribution in [1.82, 2.24) is 0 Å². The van der Waals surface area contributed by atoms with Gasteiger partial charge in [0.2, 0.25) is 0 Å². The average Bonchev–Trinajstić information content (AvgIpc) is 1.97. The minimum atomic E-state index is -0.354. The molecule has 0 radical (unpaired) electrons. The Balaban J connectivity index is 0.000000292. The average molecular weight is 157 g/mol. The smallest absolute Gasteiger partial charge is 0.290 e. The summed E-state index contributed by atoms with van der Waals surface area (Å²) in [6.07, 6.45) is 0. The largest absolute Gasteiger partial charge is 0.483 e. The molecule has 0 saturated heterocycles. The summed E-state index contributed by atoms with van der Waals surface area (Å²) in [5, 5.41) is 6.89. The van der Waals surface area contributed by atoms with Crippen molar-refractivity contribution in [3.05, 3.63) is 30.1 Å². The van der Waals surface area contributed by atoms with Crippen LogP contribution in [0.2, 0.25) is 0 Å². The van der Waals surface area contributed by atoms with Crippen LogP contribution in [0, 0.1) is 5.82 Å². The molecule has 0 spiro atoms. The predicted molar refractivity (Wildman–Crippen MR) is 39.5 cm³/mol. The van der Waals surface area contributed by atoms with Crippen LogP contribution < -0.4 is 5.73 Å². The Morgan fingerprint density at radius 3 is 2.18 bits per heavy atom. The van der Waals surface area contributed by atoms with Gasteiger partial charge in [0, 0.05) is 0 Å². The zero-order valence-electron chi connectivity index (χ0n) is 5.70. The molecule has 3 nitrogen and oxygen atoms in total. The van der Waals surface area contributed by atoms with Crippen molar-refractivity contribution >= 4 is 12.2 Å². The number of nitrogen functional groups attached to an aromatic ring is 1. The van der Waals surface area contributed by atoms with E-state index in [4.69, 9.17) is 15.6 Å². The molecular formula is C7H8FNO2.